The summed E-state index contributed by atoms with van der Waals surface area (Å²) in [6.45, 7) is 0.204. The molecule has 13 heteroatoms. The third-order valence-electron chi connectivity index (χ3n) is 7.71. The Hall–Kier alpha value is -6.50. The molecule has 0 aliphatic heterocycles. The van der Waals surface area contributed by atoms with E-state index < -0.39 is 23.3 Å². The number of anilines is 1. The first-order valence-electron chi connectivity index (χ1n) is 14.7. The van der Waals surface area contributed by atoms with E-state index in [-0.39, 0.29) is 17.8 Å². The molecule has 4 N–H and O–H groups in total. The number of nitrogens with zero attached hydrogens (tertiary/aromatic N) is 5. The van der Waals surface area contributed by atoms with Crippen LogP contribution in [0.3, 0.4) is 0 Å². The number of carbonyl (C=O) groups excluding carboxylic acids is 1. The standard InChI is InChI=1S/C35H25F3N8O2/c36-35(37,38)29-19-30(47)46(44-29)25-14-10-23(11-15-25)34(48)41-20-21-8-12-24(13-9-21)45-32(26-7-4-18-40-31(26)39)43-28-17-16-27(42-33(28)45)22-5-2-1-3-6-22/h1-19,44H,20H2,(H2,39,40)(H,41,48). The van der Waals surface area contributed by atoms with Crippen molar-refractivity contribution in [3.63, 3.8) is 0 Å². The molecule has 3 aromatic carbocycles. The molecule has 0 saturated heterocycles. The molecule has 7 rings (SSSR count). The van der Waals surface area contributed by atoms with Gasteiger partial charge in [0, 0.05) is 35.6 Å². The number of alkyl halides is 3. The van der Waals surface area contributed by atoms with Gasteiger partial charge in [-0.25, -0.2) is 19.6 Å². The van der Waals surface area contributed by atoms with Crippen LogP contribution in [0.25, 0.3) is 45.2 Å². The van der Waals surface area contributed by atoms with Gasteiger partial charge in [-0.15, -0.1) is 0 Å². The lowest BCUT2D eigenvalue weighted by molar-refractivity contribution is -0.141. The Kier molecular flexibility index (Phi) is 7.56. The number of carbonyl (C=O) groups is 1. The maximum atomic E-state index is 13.0. The van der Waals surface area contributed by atoms with Gasteiger partial charge in [0.2, 0.25) is 0 Å². The Labute approximate surface area is 270 Å². The number of pyridine rings is 2. The highest BCUT2D eigenvalue weighted by Gasteiger charge is 2.33. The highest BCUT2D eigenvalue weighted by atomic mass is 19.4. The smallest absolute Gasteiger partial charge is 0.383 e. The fourth-order valence-electron chi connectivity index (χ4n) is 5.30. The van der Waals surface area contributed by atoms with Crippen LogP contribution in [0.5, 0.6) is 0 Å². The van der Waals surface area contributed by atoms with Crippen LogP contribution in [0.4, 0.5) is 19.0 Å². The van der Waals surface area contributed by atoms with Crippen molar-refractivity contribution in [2.45, 2.75) is 12.7 Å². The zero-order valence-corrected chi connectivity index (χ0v) is 24.9. The largest absolute Gasteiger partial charge is 0.432 e. The van der Waals surface area contributed by atoms with Crippen LogP contribution in [0, 0.1) is 0 Å². The molecule has 0 unspecified atom stereocenters. The second-order valence-electron chi connectivity index (χ2n) is 10.8. The summed E-state index contributed by atoms with van der Waals surface area (Å²) in [5, 5.41) is 4.89. The van der Waals surface area contributed by atoms with E-state index >= 15 is 0 Å². The van der Waals surface area contributed by atoms with Crippen LogP contribution in [0.15, 0.2) is 120 Å². The van der Waals surface area contributed by atoms with Crippen LogP contribution in [-0.4, -0.2) is 35.2 Å². The number of aromatic amines is 1. The van der Waals surface area contributed by atoms with Crippen molar-refractivity contribution in [2.24, 2.45) is 0 Å². The molecule has 0 fully saturated rings. The van der Waals surface area contributed by atoms with Gasteiger partial charge in [0.15, 0.2) is 11.5 Å². The van der Waals surface area contributed by atoms with Crippen LogP contribution in [0.1, 0.15) is 21.6 Å². The number of nitrogens with two attached hydrogens (primary N) is 1. The molecule has 238 valence electrons. The minimum Gasteiger partial charge on any atom is -0.383 e. The van der Waals surface area contributed by atoms with Crippen LogP contribution < -0.4 is 16.6 Å². The van der Waals surface area contributed by atoms with Crippen molar-refractivity contribution < 1.29 is 18.0 Å². The molecule has 0 bridgehead atoms. The summed E-state index contributed by atoms with van der Waals surface area (Å²) in [6.07, 6.45) is -3.07. The Morgan fingerprint density at radius 2 is 1.58 bits per heavy atom. The van der Waals surface area contributed by atoms with Gasteiger partial charge in [-0.2, -0.15) is 13.2 Å². The lowest BCUT2D eigenvalue weighted by Crippen LogP contribution is -2.23. The Balaban J connectivity index is 1.13. The second kappa shape index (κ2) is 12.0. The summed E-state index contributed by atoms with van der Waals surface area (Å²) in [6, 6.07) is 31.0. The highest BCUT2D eigenvalue weighted by Crippen LogP contribution is 2.32. The number of hydrogen-bond donors (Lipinski definition) is 3. The van der Waals surface area contributed by atoms with E-state index in [1.54, 1.807) is 12.3 Å². The zero-order valence-electron chi connectivity index (χ0n) is 24.9. The SMILES string of the molecule is Nc1ncccc1-c1nc2ccc(-c3ccccc3)nc2n1-c1ccc(CNC(=O)c2ccc(-n3[nH]c(C(F)(F)F)cc3=O)cc2)cc1. The lowest BCUT2D eigenvalue weighted by Gasteiger charge is -2.12. The molecule has 0 aliphatic carbocycles. The molecule has 0 radical (unpaired) electrons. The van der Waals surface area contributed by atoms with Crippen molar-refractivity contribution >= 4 is 22.9 Å². The number of fused-ring (bicyclic) bond motifs is 1. The molecule has 0 saturated carbocycles. The molecule has 7 aromatic rings. The van der Waals surface area contributed by atoms with Crippen LogP contribution >= 0.6 is 0 Å². The Bertz CT molecular complexity index is 2330. The molecular weight excluding hydrogens is 621 g/mol. The average molecular weight is 647 g/mol. The lowest BCUT2D eigenvalue weighted by atomic mass is 10.1. The number of benzene rings is 3. The molecule has 4 aromatic heterocycles. The topological polar surface area (TPSA) is 137 Å². The van der Waals surface area contributed by atoms with Gasteiger partial charge in [0.25, 0.3) is 11.5 Å². The minimum absolute atomic E-state index is 0.160. The van der Waals surface area contributed by atoms with Gasteiger partial charge in [-0.05, 0) is 66.2 Å². The van der Waals surface area contributed by atoms with Crippen molar-refractivity contribution in [2.75, 3.05) is 5.73 Å². The third kappa shape index (κ3) is 5.80. The molecule has 48 heavy (non-hydrogen) atoms. The van der Waals surface area contributed by atoms with Gasteiger partial charge in [-0.3, -0.25) is 19.3 Å². The summed E-state index contributed by atoms with van der Waals surface area (Å²) in [5.74, 6) is 0.512. The molecule has 10 nitrogen and oxygen atoms in total. The Morgan fingerprint density at radius 3 is 2.27 bits per heavy atom. The molecule has 4 heterocycles. The van der Waals surface area contributed by atoms with Crippen molar-refractivity contribution in [3.8, 4) is 34.0 Å². The quantitative estimate of drug-likeness (QED) is 0.190. The van der Waals surface area contributed by atoms with E-state index in [1.165, 1.54) is 24.3 Å². The first-order valence-corrected chi connectivity index (χ1v) is 14.7. The first kappa shape index (κ1) is 30.2. The molecule has 0 aliphatic rings. The fraction of sp³-hybridized carbons (Fsp3) is 0.0571. The summed E-state index contributed by atoms with van der Waals surface area (Å²) in [7, 11) is 0. The molecule has 0 spiro atoms. The maximum Gasteiger partial charge on any atom is 0.432 e. The van der Waals surface area contributed by atoms with Crippen molar-refractivity contribution in [1.29, 1.82) is 0 Å². The van der Waals surface area contributed by atoms with E-state index in [9.17, 15) is 22.8 Å². The van der Waals surface area contributed by atoms with Gasteiger partial charge in [0.1, 0.15) is 17.0 Å². The molecular formula is C35H25F3N8O2. The maximum absolute atomic E-state index is 13.0. The second-order valence-corrected chi connectivity index (χ2v) is 10.8. The predicted molar refractivity (Wildman–Crippen MR) is 175 cm³/mol. The average Bonchev–Trinajstić information content (AvgIpc) is 3.69. The van der Waals surface area contributed by atoms with E-state index in [0.29, 0.717) is 34.4 Å². The van der Waals surface area contributed by atoms with Crippen LogP contribution in [-0.2, 0) is 12.7 Å². The fourth-order valence-corrected chi connectivity index (χ4v) is 5.30. The van der Waals surface area contributed by atoms with Gasteiger partial charge >= 0.3 is 6.18 Å². The summed E-state index contributed by atoms with van der Waals surface area (Å²) in [4.78, 5) is 39.0. The molecule has 1 amide bonds. The zero-order chi connectivity index (χ0) is 33.4. The normalized spacial score (nSPS) is 11.6. The third-order valence-corrected chi connectivity index (χ3v) is 7.71. The first-order chi connectivity index (χ1) is 23.2. The number of H-pyrrole nitrogens is 1. The summed E-state index contributed by atoms with van der Waals surface area (Å²) < 4.78 is 41.6. The van der Waals surface area contributed by atoms with Crippen molar-refractivity contribution in [3.05, 3.63) is 143 Å². The van der Waals surface area contributed by atoms with E-state index in [0.717, 1.165) is 27.2 Å². The number of hydrogen-bond acceptors (Lipinski definition) is 6. The Morgan fingerprint density at radius 1 is 0.854 bits per heavy atom. The van der Waals surface area contributed by atoms with Crippen molar-refractivity contribution in [1.82, 2.24) is 34.6 Å². The van der Waals surface area contributed by atoms with Gasteiger partial charge < -0.3 is 11.1 Å². The van der Waals surface area contributed by atoms with Gasteiger partial charge in [-0.1, -0.05) is 42.5 Å². The number of rotatable bonds is 7. The predicted octanol–water partition coefficient (Wildman–Crippen LogP) is 6.16. The molecule has 0 atom stereocenters. The number of nitrogen functional groups attached to an aromatic ring is 1. The summed E-state index contributed by atoms with van der Waals surface area (Å²) >= 11 is 0. The minimum atomic E-state index is -4.69. The number of amides is 1. The van der Waals surface area contributed by atoms with Gasteiger partial charge in [0.05, 0.1) is 16.9 Å². The van der Waals surface area contributed by atoms with E-state index in [1.807, 2.05) is 82.5 Å². The number of aromatic nitrogens is 6. The highest BCUT2D eigenvalue weighted by molar-refractivity contribution is 5.94. The monoisotopic (exact) mass is 646 g/mol. The summed E-state index contributed by atoms with van der Waals surface area (Å²) in [5.41, 5.74) is 9.96. The number of imidazole rings is 1. The van der Waals surface area contributed by atoms with E-state index in [4.69, 9.17) is 15.7 Å². The number of nitrogens with one attached hydrogen (secondary N) is 2. The van der Waals surface area contributed by atoms with E-state index in [2.05, 4.69) is 10.3 Å². The number of halogens is 3. The van der Waals surface area contributed by atoms with Crippen LogP contribution in [0.2, 0.25) is 0 Å².